The second-order valence-electron chi connectivity index (χ2n) is 11.5. The monoisotopic (exact) mass is 655 g/mol. The van der Waals surface area contributed by atoms with E-state index in [1.54, 1.807) is 0 Å². The number of hydrogen-bond donors (Lipinski definition) is 1. The zero-order valence-corrected chi connectivity index (χ0v) is 26.0. The van der Waals surface area contributed by atoms with Crippen molar-refractivity contribution in [3.8, 4) is 5.88 Å². The van der Waals surface area contributed by atoms with Crippen molar-refractivity contribution in [2.24, 2.45) is 0 Å². The highest BCUT2D eigenvalue weighted by Crippen LogP contribution is 2.41. The molecular formula is C36H35BrFN3O3. The summed E-state index contributed by atoms with van der Waals surface area (Å²) in [6.07, 6.45) is 3.51. The second kappa shape index (κ2) is 12.8. The molecule has 6 nitrogen and oxygen atoms in total. The predicted octanol–water partition coefficient (Wildman–Crippen LogP) is 7.76. The van der Waals surface area contributed by atoms with Crippen LogP contribution in [0.2, 0.25) is 0 Å². The standard InChI is InChI=1S/C36H35BrFN3O3/c37-35-30(38)21-32-31(40-35)22-34(41(32)33-18-10-11-19-39-33)44-29-20-28(42-23-29)24-43-36(25-12-4-1-5-13-25,26-14-6-2-7-15-26)27-16-8-3-9-17-27/h1-9,12-17,21-22,28-29,33,39H,10-11,18-20,23-24H2/t28?,29-,33?/m0/s1. The van der Waals surface area contributed by atoms with E-state index in [1.807, 2.05) is 24.3 Å². The Kier molecular flexibility index (Phi) is 8.49. The third kappa shape index (κ3) is 5.68. The van der Waals surface area contributed by atoms with E-state index < -0.39 is 5.60 Å². The van der Waals surface area contributed by atoms with Crippen LogP contribution < -0.4 is 10.1 Å². The van der Waals surface area contributed by atoms with Gasteiger partial charge in [-0.15, -0.1) is 0 Å². The molecule has 2 fully saturated rings. The van der Waals surface area contributed by atoms with Crippen LogP contribution >= 0.6 is 15.9 Å². The van der Waals surface area contributed by atoms with Crippen molar-refractivity contribution >= 4 is 27.0 Å². The molecule has 4 heterocycles. The largest absolute Gasteiger partial charge is 0.473 e. The molecule has 1 N–H and O–H groups in total. The van der Waals surface area contributed by atoms with Crippen LogP contribution in [0.3, 0.4) is 0 Å². The fourth-order valence-electron chi connectivity index (χ4n) is 6.57. The lowest BCUT2D eigenvalue weighted by atomic mass is 9.80. The van der Waals surface area contributed by atoms with Crippen molar-refractivity contribution in [2.75, 3.05) is 19.8 Å². The van der Waals surface area contributed by atoms with E-state index in [1.165, 1.54) is 6.07 Å². The molecule has 0 spiro atoms. The predicted molar refractivity (Wildman–Crippen MR) is 172 cm³/mol. The van der Waals surface area contributed by atoms with Crippen molar-refractivity contribution in [1.82, 2.24) is 14.9 Å². The van der Waals surface area contributed by atoms with Crippen LogP contribution in [-0.2, 0) is 15.1 Å². The van der Waals surface area contributed by atoms with E-state index in [2.05, 4.69) is 104 Å². The molecule has 2 saturated heterocycles. The van der Waals surface area contributed by atoms with Crippen LogP contribution in [0, 0.1) is 5.82 Å². The van der Waals surface area contributed by atoms with E-state index in [-0.39, 0.29) is 28.8 Å². The Balaban J connectivity index is 1.15. The minimum Gasteiger partial charge on any atom is -0.473 e. The quantitative estimate of drug-likeness (QED) is 0.130. The first kappa shape index (κ1) is 29.2. The van der Waals surface area contributed by atoms with Gasteiger partial charge in [0.1, 0.15) is 16.3 Å². The number of nitrogens with zero attached hydrogens (tertiary/aromatic N) is 2. The van der Waals surface area contributed by atoms with Gasteiger partial charge >= 0.3 is 0 Å². The van der Waals surface area contributed by atoms with Gasteiger partial charge in [0.2, 0.25) is 0 Å². The number of benzene rings is 3. The molecule has 2 aliphatic heterocycles. The first-order valence-electron chi connectivity index (χ1n) is 15.3. The van der Waals surface area contributed by atoms with Crippen LogP contribution in [-0.4, -0.2) is 41.5 Å². The van der Waals surface area contributed by atoms with Crippen LogP contribution in [0.25, 0.3) is 11.0 Å². The van der Waals surface area contributed by atoms with E-state index in [0.29, 0.717) is 31.0 Å². The fraction of sp³-hybridized carbons (Fsp3) is 0.306. The van der Waals surface area contributed by atoms with Crippen LogP contribution in [0.4, 0.5) is 4.39 Å². The minimum absolute atomic E-state index is 0.0170. The Morgan fingerprint density at radius 3 is 2.14 bits per heavy atom. The lowest BCUT2D eigenvalue weighted by molar-refractivity contribution is -0.0459. The maximum atomic E-state index is 14.6. The molecule has 8 heteroatoms. The highest BCUT2D eigenvalue weighted by molar-refractivity contribution is 9.10. The number of pyridine rings is 1. The highest BCUT2D eigenvalue weighted by Gasteiger charge is 2.39. The molecule has 7 rings (SSSR count). The third-order valence-corrected chi connectivity index (χ3v) is 9.21. The molecule has 0 bridgehead atoms. The van der Waals surface area contributed by atoms with Gasteiger partial charge in [-0.2, -0.15) is 0 Å². The highest BCUT2D eigenvalue weighted by atomic mass is 79.9. The molecule has 0 amide bonds. The Morgan fingerprint density at radius 2 is 1.55 bits per heavy atom. The molecule has 226 valence electrons. The minimum atomic E-state index is -0.811. The number of hydrogen-bond acceptors (Lipinski definition) is 5. The fourth-order valence-corrected chi connectivity index (χ4v) is 6.87. The van der Waals surface area contributed by atoms with Crippen LogP contribution in [0.5, 0.6) is 5.88 Å². The van der Waals surface area contributed by atoms with Crippen molar-refractivity contribution in [2.45, 2.75) is 49.7 Å². The molecular weight excluding hydrogens is 621 g/mol. The number of ether oxygens (including phenoxy) is 3. The van der Waals surface area contributed by atoms with Crippen molar-refractivity contribution in [3.63, 3.8) is 0 Å². The van der Waals surface area contributed by atoms with E-state index in [0.717, 1.165) is 48.0 Å². The first-order valence-corrected chi connectivity index (χ1v) is 16.1. The van der Waals surface area contributed by atoms with E-state index in [9.17, 15) is 4.39 Å². The summed E-state index contributed by atoms with van der Waals surface area (Å²) in [5, 5.41) is 3.58. The maximum absolute atomic E-state index is 14.6. The summed E-state index contributed by atoms with van der Waals surface area (Å²) >= 11 is 3.24. The van der Waals surface area contributed by atoms with E-state index >= 15 is 0 Å². The second-order valence-corrected chi connectivity index (χ2v) is 12.3. The van der Waals surface area contributed by atoms with Gasteiger partial charge in [0, 0.05) is 18.6 Å². The number of piperidine rings is 1. The summed E-state index contributed by atoms with van der Waals surface area (Å²) in [7, 11) is 0. The van der Waals surface area contributed by atoms with Crippen molar-refractivity contribution in [3.05, 3.63) is 130 Å². The normalized spacial score (nSPS) is 20.6. The number of nitrogens with one attached hydrogen (secondary N) is 1. The smallest absolute Gasteiger partial charge is 0.197 e. The molecule has 44 heavy (non-hydrogen) atoms. The molecule has 2 aliphatic rings. The van der Waals surface area contributed by atoms with Gasteiger partial charge in [0.25, 0.3) is 0 Å². The Bertz CT molecular complexity index is 1600. The summed E-state index contributed by atoms with van der Waals surface area (Å²) in [6, 6.07) is 34.5. The van der Waals surface area contributed by atoms with Crippen LogP contribution in [0.15, 0.2) is 108 Å². The summed E-state index contributed by atoms with van der Waals surface area (Å²) in [6.45, 7) is 1.73. The van der Waals surface area contributed by atoms with Gasteiger partial charge in [-0.1, -0.05) is 91.0 Å². The zero-order valence-electron chi connectivity index (χ0n) is 24.4. The maximum Gasteiger partial charge on any atom is 0.197 e. The van der Waals surface area contributed by atoms with Gasteiger partial charge in [0.05, 0.1) is 36.5 Å². The SMILES string of the molecule is Fc1cc2c(cc(O[C@@H]3COC(COC(c4ccccc4)(c4ccccc4)c4ccccc4)C3)n2C2CCCCN2)nc1Br. The first-order chi connectivity index (χ1) is 21.6. The Labute approximate surface area is 265 Å². The molecule has 5 aromatic rings. The number of fused-ring (bicyclic) bond motifs is 1. The average molecular weight is 657 g/mol. The van der Waals surface area contributed by atoms with Crippen LogP contribution in [0.1, 0.15) is 48.5 Å². The molecule has 3 atom stereocenters. The number of halogens is 2. The summed E-state index contributed by atoms with van der Waals surface area (Å²) in [5.41, 5.74) is 3.76. The van der Waals surface area contributed by atoms with Crippen molar-refractivity contribution < 1.29 is 18.6 Å². The van der Waals surface area contributed by atoms with Gasteiger partial charge < -0.3 is 14.2 Å². The van der Waals surface area contributed by atoms with Gasteiger partial charge in [-0.3, -0.25) is 9.88 Å². The topological polar surface area (TPSA) is 57.5 Å². The Hall–Kier alpha value is -3.56. The number of aromatic nitrogens is 2. The molecule has 2 unspecified atom stereocenters. The lowest BCUT2D eigenvalue weighted by Crippen LogP contribution is -2.35. The summed E-state index contributed by atoms with van der Waals surface area (Å²) in [5.74, 6) is 0.283. The molecule has 0 aliphatic carbocycles. The summed E-state index contributed by atoms with van der Waals surface area (Å²) in [4.78, 5) is 4.45. The number of rotatable bonds is 9. The third-order valence-electron chi connectivity index (χ3n) is 8.65. The molecule has 3 aromatic carbocycles. The summed E-state index contributed by atoms with van der Waals surface area (Å²) < 4.78 is 36.8. The zero-order chi connectivity index (χ0) is 29.9. The molecule has 0 saturated carbocycles. The van der Waals surface area contributed by atoms with Gasteiger partial charge in [0.15, 0.2) is 11.7 Å². The average Bonchev–Trinajstić information content (AvgIpc) is 3.67. The Morgan fingerprint density at radius 1 is 0.909 bits per heavy atom. The van der Waals surface area contributed by atoms with Gasteiger partial charge in [-0.05, 0) is 58.4 Å². The molecule has 2 aromatic heterocycles. The molecule has 0 radical (unpaired) electrons. The van der Waals surface area contributed by atoms with Gasteiger partial charge in [-0.25, -0.2) is 9.37 Å². The van der Waals surface area contributed by atoms with Crippen molar-refractivity contribution in [1.29, 1.82) is 0 Å². The van der Waals surface area contributed by atoms with E-state index in [4.69, 9.17) is 14.2 Å². The lowest BCUT2D eigenvalue weighted by Gasteiger charge is -2.36.